The third-order valence-electron chi connectivity index (χ3n) is 3.85. The summed E-state index contributed by atoms with van der Waals surface area (Å²) >= 11 is 0. The van der Waals surface area contributed by atoms with Crippen LogP contribution < -0.4 is 10.1 Å². The van der Waals surface area contributed by atoms with Gasteiger partial charge >= 0.3 is 0 Å². The molecule has 1 saturated heterocycles. The fourth-order valence-corrected chi connectivity index (χ4v) is 2.59. The highest BCUT2D eigenvalue weighted by Crippen LogP contribution is 2.14. The van der Waals surface area contributed by atoms with Gasteiger partial charge in [-0.15, -0.1) is 0 Å². The molecule has 0 bridgehead atoms. The number of nitrogens with zero attached hydrogens (tertiary/aromatic N) is 1. The van der Waals surface area contributed by atoms with Crippen molar-refractivity contribution in [1.29, 1.82) is 0 Å². The molecule has 1 N–H and O–H groups in total. The van der Waals surface area contributed by atoms with E-state index < -0.39 is 5.82 Å². The predicted molar refractivity (Wildman–Crippen MR) is 84.5 cm³/mol. The Kier molecular flexibility index (Phi) is 6.38. The summed E-state index contributed by atoms with van der Waals surface area (Å²) in [6.07, 6.45) is 2.88. The average molecular weight is 322 g/mol. The lowest BCUT2D eigenvalue weighted by atomic mass is 10.0. The molecule has 0 spiro atoms. The minimum absolute atomic E-state index is 0.0757. The summed E-state index contributed by atoms with van der Waals surface area (Å²) in [6, 6.07) is 5.88. The maximum atomic E-state index is 13.0. The van der Waals surface area contributed by atoms with Gasteiger partial charge in [0.05, 0.1) is 0 Å². The minimum atomic E-state index is -0.390. The van der Waals surface area contributed by atoms with Gasteiger partial charge in [0.25, 0.3) is 5.91 Å². The van der Waals surface area contributed by atoms with E-state index in [4.69, 9.17) is 4.74 Å². The van der Waals surface area contributed by atoms with Crippen LogP contribution in [-0.2, 0) is 9.59 Å². The summed E-state index contributed by atoms with van der Waals surface area (Å²) in [5, 5.41) is 2.99. The standard InChI is InChI=1S/C17H23FN2O3/c1-2-4-16(21)19-14-7-9-20(10-8-14)17(22)12-23-15-6-3-5-13(18)11-15/h3,5-6,11,14H,2,4,7-10,12H2,1H3,(H,19,21). The van der Waals surface area contributed by atoms with Gasteiger partial charge in [0.2, 0.25) is 5.91 Å². The Morgan fingerprint density at radius 3 is 2.74 bits per heavy atom. The van der Waals surface area contributed by atoms with Crippen LogP contribution in [0.3, 0.4) is 0 Å². The van der Waals surface area contributed by atoms with Crippen LogP contribution in [0.1, 0.15) is 32.6 Å². The molecule has 6 heteroatoms. The molecule has 1 aromatic rings. The summed E-state index contributed by atoms with van der Waals surface area (Å²) in [7, 11) is 0. The fraction of sp³-hybridized carbons (Fsp3) is 0.529. The number of hydrogen-bond acceptors (Lipinski definition) is 3. The van der Waals surface area contributed by atoms with Crippen molar-refractivity contribution < 1.29 is 18.7 Å². The first-order valence-corrected chi connectivity index (χ1v) is 8.04. The Morgan fingerprint density at radius 1 is 1.35 bits per heavy atom. The molecule has 0 atom stereocenters. The number of ether oxygens (including phenoxy) is 1. The topological polar surface area (TPSA) is 58.6 Å². The van der Waals surface area contributed by atoms with Crippen LogP contribution in [0.2, 0.25) is 0 Å². The van der Waals surface area contributed by atoms with E-state index in [1.807, 2.05) is 6.92 Å². The third kappa shape index (κ3) is 5.54. The maximum Gasteiger partial charge on any atom is 0.260 e. The summed E-state index contributed by atoms with van der Waals surface area (Å²) in [6.45, 7) is 3.07. The third-order valence-corrected chi connectivity index (χ3v) is 3.85. The number of carbonyl (C=O) groups is 2. The number of carbonyl (C=O) groups excluding carboxylic acids is 2. The van der Waals surface area contributed by atoms with E-state index in [0.29, 0.717) is 25.3 Å². The molecular weight excluding hydrogens is 299 g/mol. The van der Waals surface area contributed by atoms with Gasteiger partial charge in [-0.1, -0.05) is 13.0 Å². The monoisotopic (exact) mass is 322 g/mol. The second kappa shape index (κ2) is 8.50. The Bertz CT molecular complexity index is 542. The second-order valence-electron chi connectivity index (χ2n) is 5.72. The lowest BCUT2D eigenvalue weighted by Gasteiger charge is -2.32. The molecule has 1 aromatic carbocycles. The number of rotatable bonds is 6. The van der Waals surface area contributed by atoms with Crippen LogP contribution in [0.5, 0.6) is 5.75 Å². The van der Waals surface area contributed by atoms with Crippen LogP contribution >= 0.6 is 0 Å². The van der Waals surface area contributed by atoms with E-state index in [9.17, 15) is 14.0 Å². The zero-order valence-corrected chi connectivity index (χ0v) is 13.4. The van der Waals surface area contributed by atoms with Crippen molar-refractivity contribution >= 4 is 11.8 Å². The largest absolute Gasteiger partial charge is 0.484 e. The highest BCUT2D eigenvalue weighted by atomic mass is 19.1. The average Bonchev–Trinajstić information content (AvgIpc) is 2.53. The Morgan fingerprint density at radius 2 is 2.09 bits per heavy atom. The predicted octanol–water partition coefficient (Wildman–Crippen LogP) is 2.11. The van der Waals surface area contributed by atoms with Crippen molar-refractivity contribution in [2.45, 2.75) is 38.6 Å². The van der Waals surface area contributed by atoms with Gasteiger partial charge in [0, 0.05) is 31.6 Å². The van der Waals surface area contributed by atoms with Gasteiger partial charge in [-0.25, -0.2) is 4.39 Å². The van der Waals surface area contributed by atoms with Gasteiger partial charge in [-0.2, -0.15) is 0 Å². The number of hydrogen-bond donors (Lipinski definition) is 1. The lowest BCUT2D eigenvalue weighted by Crippen LogP contribution is -2.47. The highest BCUT2D eigenvalue weighted by molar-refractivity contribution is 5.78. The molecule has 1 heterocycles. The zero-order chi connectivity index (χ0) is 16.7. The first-order chi connectivity index (χ1) is 11.1. The van der Waals surface area contributed by atoms with E-state index in [-0.39, 0.29) is 24.5 Å². The molecule has 0 radical (unpaired) electrons. The first-order valence-electron chi connectivity index (χ1n) is 8.04. The van der Waals surface area contributed by atoms with E-state index in [0.717, 1.165) is 19.3 Å². The van der Waals surface area contributed by atoms with E-state index in [1.165, 1.54) is 12.1 Å². The Balaban J connectivity index is 1.72. The van der Waals surface area contributed by atoms with Crippen molar-refractivity contribution in [3.63, 3.8) is 0 Å². The second-order valence-corrected chi connectivity index (χ2v) is 5.72. The van der Waals surface area contributed by atoms with Gasteiger partial charge in [0.1, 0.15) is 11.6 Å². The molecule has 0 aromatic heterocycles. The molecule has 1 aliphatic rings. The lowest BCUT2D eigenvalue weighted by molar-refractivity contribution is -0.134. The normalized spacial score (nSPS) is 15.3. The summed E-state index contributed by atoms with van der Waals surface area (Å²) in [5.41, 5.74) is 0. The summed E-state index contributed by atoms with van der Waals surface area (Å²) < 4.78 is 18.4. The van der Waals surface area contributed by atoms with Crippen molar-refractivity contribution in [2.24, 2.45) is 0 Å². The zero-order valence-electron chi connectivity index (χ0n) is 13.4. The summed E-state index contributed by atoms with van der Waals surface area (Å²) in [5.74, 6) is -0.0852. The molecule has 23 heavy (non-hydrogen) atoms. The van der Waals surface area contributed by atoms with Crippen molar-refractivity contribution in [3.8, 4) is 5.75 Å². The van der Waals surface area contributed by atoms with Crippen LogP contribution in [0.4, 0.5) is 4.39 Å². The molecule has 2 rings (SSSR count). The maximum absolute atomic E-state index is 13.0. The molecule has 1 fully saturated rings. The van der Waals surface area contributed by atoms with Crippen LogP contribution in [0.25, 0.3) is 0 Å². The number of halogens is 1. The highest BCUT2D eigenvalue weighted by Gasteiger charge is 2.23. The van der Waals surface area contributed by atoms with Crippen LogP contribution in [-0.4, -0.2) is 42.5 Å². The number of nitrogens with one attached hydrogen (secondary N) is 1. The van der Waals surface area contributed by atoms with Crippen LogP contribution in [0, 0.1) is 5.82 Å². The van der Waals surface area contributed by atoms with E-state index in [1.54, 1.807) is 17.0 Å². The molecular formula is C17H23FN2O3. The van der Waals surface area contributed by atoms with Crippen LogP contribution in [0.15, 0.2) is 24.3 Å². The fourth-order valence-electron chi connectivity index (χ4n) is 2.59. The quantitative estimate of drug-likeness (QED) is 0.873. The molecule has 1 aliphatic heterocycles. The van der Waals surface area contributed by atoms with Crippen molar-refractivity contribution in [2.75, 3.05) is 19.7 Å². The molecule has 5 nitrogen and oxygen atoms in total. The van der Waals surface area contributed by atoms with Gasteiger partial charge in [0.15, 0.2) is 6.61 Å². The number of piperidine rings is 1. The molecule has 126 valence electrons. The Labute approximate surface area is 135 Å². The number of benzene rings is 1. The minimum Gasteiger partial charge on any atom is -0.484 e. The Hall–Kier alpha value is -2.11. The van der Waals surface area contributed by atoms with Crippen molar-refractivity contribution in [3.05, 3.63) is 30.1 Å². The van der Waals surface area contributed by atoms with Gasteiger partial charge < -0.3 is 15.0 Å². The number of amides is 2. The van der Waals surface area contributed by atoms with Crippen molar-refractivity contribution in [1.82, 2.24) is 10.2 Å². The SMILES string of the molecule is CCCC(=O)NC1CCN(C(=O)COc2cccc(F)c2)CC1. The molecule has 2 amide bonds. The number of likely N-dealkylation sites (tertiary alicyclic amines) is 1. The van der Waals surface area contributed by atoms with E-state index >= 15 is 0 Å². The summed E-state index contributed by atoms with van der Waals surface area (Å²) in [4.78, 5) is 25.4. The smallest absolute Gasteiger partial charge is 0.260 e. The first kappa shape index (κ1) is 17.2. The van der Waals surface area contributed by atoms with Gasteiger partial charge in [-0.3, -0.25) is 9.59 Å². The van der Waals surface area contributed by atoms with Gasteiger partial charge in [-0.05, 0) is 31.4 Å². The molecule has 0 unspecified atom stereocenters. The van der Waals surface area contributed by atoms with E-state index in [2.05, 4.69) is 5.32 Å². The molecule has 0 aliphatic carbocycles. The molecule has 0 saturated carbocycles.